The summed E-state index contributed by atoms with van der Waals surface area (Å²) in [6, 6.07) is 92.1. The van der Waals surface area contributed by atoms with Gasteiger partial charge in [0.15, 0.2) is 23.1 Å². The van der Waals surface area contributed by atoms with Gasteiger partial charge in [-0.3, -0.25) is 18.9 Å². The van der Waals surface area contributed by atoms with Crippen LogP contribution in [0.2, 0.25) is 0 Å². The van der Waals surface area contributed by atoms with E-state index in [-0.39, 0.29) is 89.1 Å². The predicted octanol–water partition coefficient (Wildman–Crippen LogP) is 15.5. The molecule has 1 saturated heterocycles. The molecule has 1 fully saturated rings. The van der Waals surface area contributed by atoms with E-state index < -0.39 is 11.7 Å². The zero-order valence-electron chi connectivity index (χ0n) is 69.8. The Kier molecular flexibility index (Phi) is 29.2. The summed E-state index contributed by atoms with van der Waals surface area (Å²) in [6.07, 6.45) is 9.70. The molecule has 0 radical (unpaired) electrons. The molecule has 0 aliphatic carbocycles. The van der Waals surface area contributed by atoms with Crippen LogP contribution in [0.5, 0.6) is 51.9 Å². The normalized spacial score (nSPS) is 12.2. The predicted molar refractivity (Wildman–Crippen MR) is 484 cm³/mol. The second kappa shape index (κ2) is 42.8. The smallest absolute Gasteiger partial charge is 0.399 e. The van der Waals surface area contributed by atoms with E-state index in [0.29, 0.717) is 101 Å². The molecule has 652 valence electrons. The summed E-state index contributed by atoms with van der Waals surface area (Å²) in [5.74, 6) is 1.06. The van der Waals surface area contributed by atoms with Gasteiger partial charge in [-0.2, -0.15) is 9.59 Å². The maximum absolute atomic E-state index is 12.6. The van der Waals surface area contributed by atoms with Crippen LogP contribution in [0, 0.1) is 0 Å². The van der Waals surface area contributed by atoms with Crippen molar-refractivity contribution in [3.05, 3.63) is 413 Å². The highest BCUT2D eigenvalue weighted by Crippen LogP contribution is 2.36. The molecule has 1 aliphatic rings. The van der Waals surface area contributed by atoms with E-state index in [9.17, 15) is 60.3 Å². The van der Waals surface area contributed by atoms with Gasteiger partial charge < -0.3 is 61.9 Å². The minimum atomic E-state index is -1.47. The van der Waals surface area contributed by atoms with Crippen LogP contribution >= 0.6 is 0 Å². The first-order valence-electron chi connectivity index (χ1n) is 41.0. The number of amides is 2. The number of benzene rings is 12. The third-order valence-electron chi connectivity index (χ3n) is 20.5. The zero-order valence-corrected chi connectivity index (χ0v) is 69.8. The van der Waals surface area contributed by atoms with Crippen molar-refractivity contribution < 1.29 is 79.7 Å². The lowest BCUT2D eigenvalue weighted by Gasteiger charge is -2.37. The van der Waals surface area contributed by atoms with E-state index in [1.54, 1.807) is 175 Å². The van der Waals surface area contributed by atoms with Crippen LogP contribution in [0.15, 0.2) is 340 Å². The van der Waals surface area contributed by atoms with Gasteiger partial charge in [0.2, 0.25) is 17.7 Å². The number of rotatable bonds is 24. The Balaban J connectivity index is 0.000000139. The molecule has 10 N–H and O–H groups in total. The number of aromatic hydroxyl groups is 7. The summed E-state index contributed by atoms with van der Waals surface area (Å²) in [7, 11) is 0. The summed E-state index contributed by atoms with van der Waals surface area (Å²) in [6.45, 7) is 0. The van der Waals surface area contributed by atoms with Crippen molar-refractivity contribution in [2.24, 2.45) is 0 Å². The second-order valence-corrected chi connectivity index (χ2v) is 30.1. The molecule has 6 heterocycles. The standard InChI is InChI=1S/C26H21N3O5.C26H21N3O3.2C25H21N3O3.CO2/c30-20-10-6-18(7-11-20)15-26(25(32)33-34-26)29-24-22(14-17-4-2-1-3-5-17)28-23(16-27-24)19-8-12-21(31)13-9-19;30-20-10-6-18(7-11-20)15-23-26(32)29-16-24(19-8-12-21(31)13-9-19)27-22(25(29)28-23)14-17-4-2-1-3-5-17;2*29-20-10-6-18(7-11-20)15-24(31)28-25-22(14-17-4-2-1-3-5-17)27-23(16-26-25)19-8-12-21(30)13-9-19;2-1-3/h1-13,16,30-31H,14-15H2,(H,27,29);1-13,16,30-32H,14-15H2;2*1-13,16,29-30H,14-15H2,(H,26,28,31);/p-2. The maximum atomic E-state index is 12.6. The minimum absolute atomic E-state index is 0.0600. The van der Waals surface area contributed by atoms with Gasteiger partial charge in [-0.15, -0.1) is 16.4 Å². The maximum Gasteiger partial charge on any atom is 0.399 e. The number of aromatic nitrogens is 9. The first kappa shape index (κ1) is 89.5. The van der Waals surface area contributed by atoms with Crippen molar-refractivity contribution in [1.29, 1.82) is 0 Å². The van der Waals surface area contributed by atoms with Crippen molar-refractivity contribution in [1.82, 2.24) is 44.3 Å². The Hall–Kier alpha value is -17.8. The average Bonchev–Trinajstić information content (AvgIpc) is 1.69. The summed E-state index contributed by atoms with van der Waals surface area (Å²) in [5.41, 5.74) is 15.5. The van der Waals surface area contributed by atoms with Crippen LogP contribution in [0.3, 0.4) is 0 Å². The summed E-state index contributed by atoms with van der Waals surface area (Å²) in [5, 5.41) is 99.8. The molecule has 18 rings (SSSR count). The fourth-order valence-electron chi connectivity index (χ4n) is 13.8. The molecule has 28 nitrogen and oxygen atoms in total. The monoisotopic (exact) mass is 1740 g/mol. The van der Waals surface area contributed by atoms with Gasteiger partial charge in [0.25, 0.3) is 5.72 Å². The highest BCUT2D eigenvalue weighted by atomic mass is 17.3. The average molecular weight is 1740 g/mol. The van der Waals surface area contributed by atoms with Gasteiger partial charge in [0.1, 0.15) is 40.2 Å². The number of phenols is 6. The number of nitrogens with zero attached hydrogens (tertiary/aromatic N) is 9. The Morgan fingerprint density at radius 2 is 0.634 bits per heavy atom. The molecule has 12 aromatic carbocycles. The third kappa shape index (κ3) is 24.7. The third-order valence-corrected chi connectivity index (χ3v) is 20.5. The number of carbonyl (C=O) groups is 3. The molecule has 17 aromatic rings. The zero-order chi connectivity index (χ0) is 91.6. The quantitative estimate of drug-likeness (QED) is 0.0251. The minimum Gasteiger partial charge on any atom is -0.872 e. The molecular formula is C103H82N12O16-2. The van der Waals surface area contributed by atoms with Crippen LogP contribution in [-0.2, 0) is 85.1 Å². The lowest BCUT2D eigenvalue weighted by Crippen LogP contribution is -2.60. The molecule has 28 heteroatoms. The summed E-state index contributed by atoms with van der Waals surface area (Å²) in [4.78, 5) is 101. The number of imidazole rings is 1. The van der Waals surface area contributed by atoms with E-state index in [1.807, 2.05) is 133 Å². The van der Waals surface area contributed by atoms with Gasteiger partial charge in [-0.1, -0.05) is 218 Å². The molecule has 5 aromatic heterocycles. The van der Waals surface area contributed by atoms with Crippen LogP contribution in [0.25, 0.3) is 50.7 Å². The van der Waals surface area contributed by atoms with E-state index in [2.05, 4.69) is 35.8 Å². The van der Waals surface area contributed by atoms with Crippen molar-refractivity contribution >= 4 is 47.0 Å². The second-order valence-electron chi connectivity index (χ2n) is 30.1. The van der Waals surface area contributed by atoms with E-state index >= 15 is 0 Å². The summed E-state index contributed by atoms with van der Waals surface area (Å²) >= 11 is 0. The fraction of sp³-hybridized carbons (Fsp3) is 0.0874. The van der Waals surface area contributed by atoms with Crippen LogP contribution in [0.1, 0.15) is 73.0 Å². The Morgan fingerprint density at radius 1 is 0.344 bits per heavy atom. The Labute approximate surface area is 750 Å². The van der Waals surface area contributed by atoms with Gasteiger partial charge in [-0.05, 0) is 142 Å². The van der Waals surface area contributed by atoms with Gasteiger partial charge in [-0.25, -0.2) is 44.7 Å². The molecule has 131 heavy (non-hydrogen) atoms. The van der Waals surface area contributed by atoms with Crippen molar-refractivity contribution in [2.45, 2.75) is 57.1 Å². The van der Waals surface area contributed by atoms with E-state index in [1.165, 1.54) is 36.4 Å². The SMILES string of the molecule is O=C(Cc1ccc(O)cc1)Nc1ncc(-c2ccc(O)cc2)nc1Cc1ccccc1.O=C(Cc1ccc(O)cc1)Nc1ncc(-c2ccc([O-])cc2)nc1Cc1ccccc1.O=C1OOC1(Cc1ccc(O)cc1)Nc1ncc(-c2ccc([O-])cc2)nc1Cc1ccccc1.O=C=O.Oc1ccc(Cc2nc3c(Cc4ccccc4)nc(-c4ccc(O)cc4)cn3c2O)cc1. The first-order valence-corrected chi connectivity index (χ1v) is 41.0. The van der Waals surface area contributed by atoms with Crippen LogP contribution in [0.4, 0.5) is 17.5 Å². The largest absolute Gasteiger partial charge is 0.872 e. The highest BCUT2D eigenvalue weighted by Gasteiger charge is 2.54. The number of nitrogens with one attached hydrogen (secondary N) is 3. The lowest BCUT2D eigenvalue weighted by atomic mass is 10.0. The molecule has 1 unspecified atom stereocenters. The first-order chi connectivity index (χ1) is 63.6. The van der Waals surface area contributed by atoms with Gasteiger partial charge in [0, 0.05) is 67.0 Å². The highest BCUT2D eigenvalue weighted by molar-refractivity contribution is 5.93. The summed E-state index contributed by atoms with van der Waals surface area (Å²) < 4.78 is 1.67. The molecule has 0 spiro atoms. The molecule has 0 bridgehead atoms. The number of hydrogen-bond donors (Lipinski definition) is 10. The van der Waals surface area contributed by atoms with Crippen LogP contribution in [-0.4, -0.2) is 110 Å². The van der Waals surface area contributed by atoms with Gasteiger partial charge in [0.05, 0.1) is 77.0 Å². The number of carbonyl (C=O) groups excluding carboxylic acids is 5. The number of hydrogen-bond acceptors (Lipinski definition) is 25. The van der Waals surface area contributed by atoms with Gasteiger partial charge >= 0.3 is 12.1 Å². The number of phenolic OH excluding ortho intramolecular Hbond substituents is 6. The molecule has 2 amide bonds. The molecular weight excluding hydrogens is 1660 g/mol. The van der Waals surface area contributed by atoms with Crippen LogP contribution < -0.4 is 26.2 Å². The Bertz CT molecular complexity index is 6580. The fourth-order valence-corrected chi connectivity index (χ4v) is 13.8. The van der Waals surface area contributed by atoms with E-state index in [0.717, 1.165) is 72.5 Å². The topological polar surface area (TPSA) is 435 Å². The Morgan fingerprint density at radius 3 is 0.985 bits per heavy atom. The number of anilines is 3. The van der Waals surface area contributed by atoms with Crippen molar-refractivity contribution in [3.63, 3.8) is 0 Å². The molecule has 1 atom stereocenters. The van der Waals surface area contributed by atoms with Crippen molar-refractivity contribution in [2.75, 3.05) is 16.0 Å². The number of fused-ring (bicyclic) bond motifs is 1. The molecule has 0 saturated carbocycles. The molecule has 1 aliphatic heterocycles. The van der Waals surface area contributed by atoms with Crippen molar-refractivity contribution in [3.8, 4) is 96.9 Å². The van der Waals surface area contributed by atoms with E-state index in [4.69, 9.17) is 39.4 Å². The lowest BCUT2D eigenvalue weighted by molar-refractivity contribution is -0.393.